The van der Waals surface area contributed by atoms with Crippen LogP contribution in [0.2, 0.25) is 0 Å². The van der Waals surface area contributed by atoms with Gasteiger partial charge in [-0.25, -0.2) is 0 Å². The van der Waals surface area contributed by atoms with Crippen LogP contribution in [0.3, 0.4) is 0 Å². The van der Waals surface area contributed by atoms with Gasteiger partial charge in [0.25, 0.3) is 0 Å². The highest BCUT2D eigenvalue weighted by Crippen LogP contribution is 2.21. The van der Waals surface area contributed by atoms with Crippen molar-refractivity contribution in [3.05, 3.63) is 46.4 Å². The van der Waals surface area contributed by atoms with Gasteiger partial charge >= 0.3 is 0 Å². The van der Waals surface area contributed by atoms with E-state index < -0.39 is 0 Å². The third-order valence-electron chi connectivity index (χ3n) is 2.96. The van der Waals surface area contributed by atoms with Crippen LogP contribution in [0.25, 0.3) is 0 Å². The van der Waals surface area contributed by atoms with E-state index in [1.165, 1.54) is 16.1 Å². The molecule has 0 aliphatic heterocycles. The van der Waals surface area contributed by atoms with Gasteiger partial charge in [-0.15, -0.1) is 11.3 Å². The average Bonchev–Trinajstić information content (AvgIpc) is 2.89. The number of nitrogens with one attached hydrogen (secondary N) is 1. The molecule has 0 aliphatic carbocycles. The van der Waals surface area contributed by atoms with Crippen molar-refractivity contribution in [3.8, 4) is 0 Å². The van der Waals surface area contributed by atoms with E-state index in [1.807, 2.05) is 12.4 Å². The highest BCUT2D eigenvalue weighted by molar-refractivity contribution is 7.09. The Balaban J connectivity index is 2.09. The molecule has 0 unspecified atom stereocenters. The minimum absolute atomic E-state index is 0.482. The summed E-state index contributed by atoms with van der Waals surface area (Å²) in [6.45, 7) is 6.11. The first-order valence-corrected chi connectivity index (χ1v) is 7.44. The van der Waals surface area contributed by atoms with Gasteiger partial charge in [0.15, 0.2) is 0 Å². The van der Waals surface area contributed by atoms with Crippen LogP contribution in [0.1, 0.15) is 24.3 Å². The molecule has 3 nitrogen and oxygen atoms in total. The molecule has 0 amide bonds. The van der Waals surface area contributed by atoms with E-state index in [4.69, 9.17) is 0 Å². The van der Waals surface area contributed by atoms with E-state index in [0.29, 0.717) is 6.04 Å². The van der Waals surface area contributed by atoms with Gasteiger partial charge in [0.2, 0.25) is 0 Å². The van der Waals surface area contributed by atoms with Crippen molar-refractivity contribution in [2.75, 3.05) is 11.9 Å². The first kappa shape index (κ1) is 14.0. The number of rotatable bonds is 6. The molecule has 1 N–H and O–H groups in total. The number of aromatic nitrogens is 1. The number of hydrogen-bond acceptors (Lipinski definition) is 4. The van der Waals surface area contributed by atoms with Gasteiger partial charge in [-0.05, 0) is 17.5 Å². The van der Waals surface area contributed by atoms with E-state index in [2.05, 4.69) is 59.7 Å². The highest BCUT2D eigenvalue weighted by atomic mass is 32.1. The lowest BCUT2D eigenvalue weighted by atomic mass is 10.2. The Morgan fingerprint density at radius 3 is 2.89 bits per heavy atom. The molecule has 0 bridgehead atoms. The molecule has 102 valence electrons. The lowest BCUT2D eigenvalue weighted by Gasteiger charge is -2.22. The molecule has 0 radical (unpaired) electrons. The van der Waals surface area contributed by atoms with Crippen LogP contribution in [0.15, 0.2) is 36.0 Å². The molecule has 19 heavy (non-hydrogen) atoms. The van der Waals surface area contributed by atoms with E-state index in [1.54, 1.807) is 11.3 Å². The van der Waals surface area contributed by atoms with Crippen molar-refractivity contribution in [2.45, 2.75) is 33.0 Å². The summed E-state index contributed by atoms with van der Waals surface area (Å²) >= 11 is 1.80. The van der Waals surface area contributed by atoms with Crippen LogP contribution in [-0.2, 0) is 13.1 Å². The zero-order valence-corrected chi connectivity index (χ0v) is 12.6. The summed E-state index contributed by atoms with van der Waals surface area (Å²) in [6, 6.07) is 6.84. The minimum atomic E-state index is 0.482. The molecular formula is C15H21N3S. The molecular weight excluding hydrogens is 254 g/mol. The monoisotopic (exact) mass is 275 g/mol. The number of hydrogen-bond donors (Lipinski definition) is 1. The molecule has 2 rings (SSSR count). The fourth-order valence-electron chi connectivity index (χ4n) is 1.96. The predicted octanol–water partition coefficient (Wildman–Crippen LogP) is 3.28. The summed E-state index contributed by atoms with van der Waals surface area (Å²) in [6.07, 6.45) is 3.81. The van der Waals surface area contributed by atoms with Crippen LogP contribution in [0.5, 0.6) is 0 Å². The van der Waals surface area contributed by atoms with Gasteiger partial charge in [-0.1, -0.05) is 19.9 Å². The second-order valence-corrected chi connectivity index (χ2v) is 6.01. The van der Waals surface area contributed by atoms with Crippen LogP contribution >= 0.6 is 11.3 Å². The van der Waals surface area contributed by atoms with Crippen LogP contribution in [0, 0.1) is 0 Å². The summed E-state index contributed by atoms with van der Waals surface area (Å²) in [5.41, 5.74) is 2.49. The van der Waals surface area contributed by atoms with Crippen LogP contribution in [-0.4, -0.2) is 18.1 Å². The Bertz CT molecular complexity index is 494. The maximum atomic E-state index is 4.24. The molecule has 2 aromatic rings. The van der Waals surface area contributed by atoms with Crippen molar-refractivity contribution in [2.24, 2.45) is 0 Å². The molecule has 0 fully saturated rings. The Labute approximate surface area is 119 Å². The van der Waals surface area contributed by atoms with E-state index in [9.17, 15) is 0 Å². The number of nitrogens with zero attached hydrogens (tertiary/aromatic N) is 2. The largest absolute Gasteiger partial charge is 0.369 e. The van der Waals surface area contributed by atoms with E-state index in [0.717, 1.165) is 13.1 Å². The van der Waals surface area contributed by atoms with Gasteiger partial charge in [0.05, 0.1) is 6.54 Å². The second-order valence-electron chi connectivity index (χ2n) is 4.98. The quantitative estimate of drug-likeness (QED) is 0.877. The normalized spacial score (nSPS) is 10.9. The number of pyridine rings is 1. The summed E-state index contributed by atoms with van der Waals surface area (Å²) in [5, 5.41) is 5.57. The second kappa shape index (κ2) is 6.68. The van der Waals surface area contributed by atoms with E-state index >= 15 is 0 Å². The number of anilines is 1. The average molecular weight is 275 g/mol. The summed E-state index contributed by atoms with van der Waals surface area (Å²) in [5.74, 6) is 0. The predicted molar refractivity (Wildman–Crippen MR) is 82.6 cm³/mol. The van der Waals surface area contributed by atoms with Gasteiger partial charge in [0, 0.05) is 48.2 Å². The molecule has 0 saturated carbocycles. The van der Waals surface area contributed by atoms with Gasteiger partial charge in [-0.3, -0.25) is 4.98 Å². The minimum Gasteiger partial charge on any atom is -0.369 e. The molecule has 4 heteroatoms. The topological polar surface area (TPSA) is 28.2 Å². The Morgan fingerprint density at radius 2 is 2.21 bits per heavy atom. The number of thiophene rings is 1. The Morgan fingerprint density at radius 1 is 1.37 bits per heavy atom. The highest BCUT2D eigenvalue weighted by Gasteiger charge is 2.08. The summed E-state index contributed by atoms with van der Waals surface area (Å²) < 4.78 is 0. The fourth-order valence-corrected chi connectivity index (χ4v) is 2.72. The zero-order valence-electron chi connectivity index (χ0n) is 11.8. The van der Waals surface area contributed by atoms with Crippen molar-refractivity contribution < 1.29 is 0 Å². The lowest BCUT2D eigenvalue weighted by molar-refractivity contribution is 0.587. The maximum absolute atomic E-state index is 4.24. The first-order chi connectivity index (χ1) is 9.16. The fraction of sp³-hybridized carbons (Fsp3) is 0.400. The van der Waals surface area contributed by atoms with Crippen molar-refractivity contribution >= 4 is 17.0 Å². The van der Waals surface area contributed by atoms with Gasteiger partial charge < -0.3 is 10.2 Å². The van der Waals surface area contributed by atoms with Crippen molar-refractivity contribution in [1.29, 1.82) is 0 Å². The third kappa shape index (κ3) is 4.04. The molecule has 0 spiro atoms. The summed E-state index contributed by atoms with van der Waals surface area (Å²) in [4.78, 5) is 7.90. The zero-order chi connectivity index (χ0) is 13.7. The molecule has 0 aliphatic rings. The molecule has 2 heterocycles. The Hall–Kier alpha value is -1.39. The van der Waals surface area contributed by atoms with E-state index in [-0.39, 0.29) is 0 Å². The standard InChI is InChI=1S/C15H21N3S/c1-12(2)17-10-13-9-16-7-6-15(13)18(3)11-14-5-4-8-19-14/h4-9,12,17H,10-11H2,1-3H3. The van der Waals surface area contributed by atoms with Crippen molar-refractivity contribution in [3.63, 3.8) is 0 Å². The molecule has 2 aromatic heterocycles. The smallest absolute Gasteiger partial charge is 0.0519 e. The molecule has 0 aromatic carbocycles. The SMILES string of the molecule is CC(C)NCc1cnccc1N(C)Cc1cccs1. The van der Waals surface area contributed by atoms with Crippen LogP contribution in [0.4, 0.5) is 5.69 Å². The first-order valence-electron chi connectivity index (χ1n) is 6.56. The molecule has 0 saturated heterocycles. The van der Waals surface area contributed by atoms with Crippen LogP contribution < -0.4 is 10.2 Å². The summed E-state index contributed by atoms with van der Waals surface area (Å²) in [7, 11) is 2.13. The Kier molecular flexibility index (Phi) is 4.93. The third-order valence-corrected chi connectivity index (χ3v) is 3.82. The van der Waals surface area contributed by atoms with Crippen molar-refractivity contribution in [1.82, 2.24) is 10.3 Å². The lowest BCUT2D eigenvalue weighted by Crippen LogP contribution is -2.24. The van der Waals surface area contributed by atoms with Gasteiger partial charge in [-0.2, -0.15) is 0 Å². The van der Waals surface area contributed by atoms with Gasteiger partial charge in [0.1, 0.15) is 0 Å². The maximum Gasteiger partial charge on any atom is 0.0519 e. The molecule has 0 atom stereocenters.